The third-order valence-corrected chi connectivity index (χ3v) is 4.04. The van der Waals surface area contributed by atoms with Crippen LogP contribution >= 0.6 is 23.1 Å². The van der Waals surface area contributed by atoms with Crippen molar-refractivity contribution in [2.45, 2.75) is 24.9 Å². The van der Waals surface area contributed by atoms with Crippen LogP contribution in [0.5, 0.6) is 0 Å². The molecule has 18 heavy (non-hydrogen) atoms. The summed E-state index contributed by atoms with van der Waals surface area (Å²) < 4.78 is 0. The molecule has 2 heterocycles. The summed E-state index contributed by atoms with van der Waals surface area (Å²) in [5.41, 5.74) is 0. The number of hydrogen-bond acceptors (Lipinski definition) is 6. The van der Waals surface area contributed by atoms with Gasteiger partial charge in [-0.05, 0) is 0 Å². The van der Waals surface area contributed by atoms with Crippen molar-refractivity contribution in [1.82, 2.24) is 20.2 Å². The third-order valence-electron chi connectivity index (χ3n) is 1.99. The van der Waals surface area contributed by atoms with Crippen LogP contribution in [0.2, 0.25) is 0 Å². The van der Waals surface area contributed by atoms with Crippen molar-refractivity contribution in [1.29, 1.82) is 0 Å². The Morgan fingerprint density at radius 2 is 2.39 bits per heavy atom. The van der Waals surface area contributed by atoms with Crippen LogP contribution in [0, 0.1) is 0 Å². The van der Waals surface area contributed by atoms with E-state index in [9.17, 15) is 4.79 Å². The second-order valence-corrected chi connectivity index (χ2v) is 5.80. The van der Waals surface area contributed by atoms with Crippen LogP contribution in [-0.2, 0) is 4.79 Å². The van der Waals surface area contributed by atoms with Gasteiger partial charge in [0.15, 0.2) is 5.16 Å². The number of nitrogens with one attached hydrogen (secondary N) is 2. The van der Waals surface area contributed by atoms with Gasteiger partial charge >= 0.3 is 0 Å². The zero-order valence-corrected chi connectivity index (χ0v) is 11.6. The lowest BCUT2D eigenvalue weighted by molar-refractivity contribution is -0.113. The Morgan fingerprint density at radius 3 is 3.00 bits per heavy atom. The average molecular weight is 283 g/mol. The molecule has 0 aliphatic rings. The number of amides is 1. The number of hydrogen-bond donors (Lipinski definition) is 2. The molecule has 0 atom stereocenters. The van der Waals surface area contributed by atoms with E-state index in [2.05, 4.69) is 25.5 Å². The van der Waals surface area contributed by atoms with Crippen LogP contribution in [0.4, 0.5) is 5.13 Å². The van der Waals surface area contributed by atoms with Gasteiger partial charge in [0.05, 0.1) is 5.75 Å². The van der Waals surface area contributed by atoms with Gasteiger partial charge in [-0.15, -0.1) is 10.2 Å². The molecule has 2 aromatic heterocycles. The number of thioether (sulfide) groups is 1. The van der Waals surface area contributed by atoms with Gasteiger partial charge in [-0.1, -0.05) is 36.9 Å². The quantitative estimate of drug-likeness (QED) is 0.821. The van der Waals surface area contributed by atoms with Crippen LogP contribution in [0.15, 0.2) is 17.6 Å². The molecule has 1 amide bonds. The van der Waals surface area contributed by atoms with Gasteiger partial charge in [0, 0.05) is 18.3 Å². The summed E-state index contributed by atoms with van der Waals surface area (Å²) in [7, 11) is 0. The second-order valence-electron chi connectivity index (χ2n) is 3.83. The lowest BCUT2D eigenvalue weighted by atomic mass is 10.2. The fraction of sp³-hybridized carbons (Fsp3) is 0.400. The summed E-state index contributed by atoms with van der Waals surface area (Å²) >= 11 is 2.75. The van der Waals surface area contributed by atoms with Crippen LogP contribution in [0.1, 0.15) is 24.8 Å². The van der Waals surface area contributed by atoms with E-state index >= 15 is 0 Å². The normalized spacial score (nSPS) is 10.8. The number of anilines is 1. The molecule has 0 aliphatic carbocycles. The predicted octanol–water partition coefficient (Wildman–Crippen LogP) is 2.12. The highest BCUT2D eigenvalue weighted by Gasteiger charge is 2.10. The molecule has 0 aliphatic heterocycles. The maximum absolute atomic E-state index is 11.7. The van der Waals surface area contributed by atoms with Crippen molar-refractivity contribution in [2.75, 3.05) is 11.1 Å². The molecule has 0 aromatic carbocycles. The number of aromatic nitrogens is 4. The number of nitrogens with zero attached hydrogens (tertiary/aromatic N) is 3. The number of carbonyl (C=O) groups is 1. The van der Waals surface area contributed by atoms with E-state index < -0.39 is 0 Å². The van der Waals surface area contributed by atoms with Gasteiger partial charge in [-0.25, -0.2) is 4.98 Å². The first-order valence-electron chi connectivity index (χ1n) is 5.40. The summed E-state index contributed by atoms with van der Waals surface area (Å²) in [4.78, 5) is 18.6. The van der Waals surface area contributed by atoms with Gasteiger partial charge < -0.3 is 4.98 Å². The molecule has 0 unspecified atom stereocenters. The van der Waals surface area contributed by atoms with Gasteiger partial charge in [0.1, 0.15) is 5.01 Å². The Bertz CT molecular complexity index is 508. The van der Waals surface area contributed by atoms with Gasteiger partial charge in [0.25, 0.3) is 0 Å². The number of imidazole rings is 1. The van der Waals surface area contributed by atoms with E-state index in [0.29, 0.717) is 16.8 Å². The van der Waals surface area contributed by atoms with E-state index in [1.165, 1.54) is 23.1 Å². The van der Waals surface area contributed by atoms with Crippen molar-refractivity contribution in [3.8, 4) is 0 Å². The van der Waals surface area contributed by atoms with Crippen LogP contribution in [0.25, 0.3) is 0 Å². The Morgan fingerprint density at radius 1 is 1.56 bits per heavy atom. The summed E-state index contributed by atoms with van der Waals surface area (Å²) in [6.07, 6.45) is 3.37. The fourth-order valence-corrected chi connectivity index (χ4v) is 2.53. The van der Waals surface area contributed by atoms with Gasteiger partial charge in [0.2, 0.25) is 11.0 Å². The van der Waals surface area contributed by atoms with E-state index in [4.69, 9.17) is 0 Å². The first-order chi connectivity index (χ1) is 8.65. The molecule has 0 fully saturated rings. The van der Waals surface area contributed by atoms with Crippen molar-refractivity contribution in [3.05, 3.63) is 17.4 Å². The predicted molar refractivity (Wildman–Crippen MR) is 71.9 cm³/mol. The van der Waals surface area contributed by atoms with E-state index in [0.717, 1.165) is 10.2 Å². The Labute approximate surface area is 113 Å². The Balaban J connectivity index is 1.83. The minimum atomic E-state index is -0.108. The van der Waals surface area contributed by atoms with Gasteiger partial charge in [-0.2, -0.15) is 0 Å². The standard InChI is InChI=1S/C10H13N5OS2/c1-6(2)8-14-15-10(18-8)13-7(16)5-17-9-11-3-4-12-9/h3-4,6H,5H2,1-2H3,(H,11,12)(H,13,15,16). The first kappa shape index (κ1) is 13.0. The molecule has 0 saturated carbocycles. The van der Waals surface area contributed by atoms with Crippen molar-refractivity contribution < 1.29 is 4.79 Å². The van der Waals surface area contributed by atoms with Crippen LogP contribution in [-0.4, -0.2) is 31.8 Å². The van der Waals surface area contributed by atoms with Crippen LogP contribution < -0.4 is 5.32 Å². The largest absolute Gasteiger partial charge is 0.340 e. The van der Waals surface area contributed by atoms with E-state index in [-0.39, 0.29) is 5.91 Å². The van der Waals surface area contributed by atoms with Crippen molar-refractivity contribution in [2.24, 2.45) is 0 Å². The molecule has 0 spiro atoms. The fourth-order valence-electron chi connectivity index (χ4n) is 1.14. The maximum Gasteiger partial charge on any atom is 0.236 e. The smallest absolute Gasteiger partial charge is 0.236 e. The summed E-state index contributed by atoms with van der Waals surface area (Å²) in [5.74, 6) is 0.512. The molecule has 6 nitrogen and oxygen atoms in total. The second kappa shape index (κ2) is 5.96. The molecule has 2 aromatic rings. The highest BCUT2D eigenvalue weighted by Crippen LogP contribution is 2.22. The lowest BCUT2D eigenvalue weighted by Crippen LogP contribution is -2.13. The van der Waals surface area contributed by atoms with Crippen molar-refractivity contribution >= 4 is 34.1 Å². The number of rotatable bonds is 5. The molecule has 8 heteroatoms. The van der Waals surface area contributed by atoms with Crippen LogP contribution in [0.3, 0.4) is 0 Å². The topological polar surface area (TPSA) is 83.6 Å². The van der Waals surface area contributed by atoms with E-state index in [1.54, 1.807) is 12.4 Å². The lowest BCUT2D eigenvalue weighted by Gasteiger charge is -1.99. The number of carbonyl (C=O) groups excluding carboxylic acids is 1. The summed E-state index contributed by atoms with van der Waals surface area (Å²) in [6, 6.07) is 0. The summed E-state index contributed by atoms with van der Waals surface area (Å²) in [5, 5.41) is 12.8. The monoisotopic (exact) mass is 283 g/mol. The zero-order chi connectivity index (χ0) is 13.0. The third kappa shape index (κ3) is 3.54. The SMILES string of the molecule is CC(C)c1nnc(NC(=O)CSc2ncc[nH]2)s1. The van der Waals surface area contributed by atoms with E-state index in [1.807, 2.05) is 13.8 Å². The molecular weight excluding hydrogens is 270 g/mol. The number of H-pyrrole nitrogens is 1. The Kier molecular flexibility index (Phi) is 4.32. The average Bonchev–Trinajstić information content (AvgIpc) is 2.96. The molecule has 2 N–H and O–H groups in total. The highest BCUT2D eigenvalue weighted by molar-refractivity contribution is 7.99. The van der Waals surface area contributed by atoms with Crippen molar-refractivity contribution in [3.63, 3.8) is 0 Å². The molecule has 0 radical (unpaired) electrons. The molecule has 96 valence electrons. The molecular formula is C10H13N5OS2. The molecule has 0 bridgehead atoms. The van der Waals surface area contributed by atoms with Gasteiger partial charge in [-0.3, -0.25) is 10.1 Å². The Hall–Kier alpha value is -1.41. The highest BCUT2D eigenvalue weighted by atomic mass is 32.2. The summed E-state index contributed by atoms with van der Waals surface area (Å²) in [6.45, 7) is 4.08. The molecule has 2 rings (SSSR count). The minimum Gasteiger partial charge on any atom is -0.340 e. The maximum atomic E-state index is 11.7. The molecule has 0 saturated heterocycles. The first-order valence-corrected chi connectivity index (χ1v) is 7.21. The zero-order valence-electron chi connectivity index (χ0n) is 10.0. The number of aromatic amines is 1. The minimum absolute atomic E-state index is 0.108.